The van der Waals surface area contributed by atoms with Gasteiger partial charge in [0, 0.05) is 7.11 Å². The van der Waals surface area contributed by atoms with Gasteiger partial charge in [-0.3, -0.25) is 0 Å². The zero-order valence-corrected chi connectivity index (χ0v) is 11.9. The third-order valence-electron chi connectivity index (χ3n) is 3.24. The second-order valence-corrected chi connectivity index (χ2v) is 5.65. The van der Waals surface area contributed by atoms with Crippen LogP contribution >= 0.6 is 0 Å². The van der Waals surface area contributed by atoms with Gasteiger partial charge >= 0.3 is 0 Å². The monoisotopic (exact) mass is 235 g/mol. The number of hydrogen-bond donors (Lipinski definition) is 1. The minimum atomic E-state index is 0.102. The molecule has 0 saturated heterocycles. The molecule has 0 bridgehead atoms. The van der Waals surface area contributed by atoms with Crippen LogP contribution in [0.15, 0.2) is 24.3 Å². The highest BCUT2D eigenvalue weighted by Crippen LogP contribution is 2.33. The first-order valence-electron chi connectivity index (χ1n) is 6.17. The second kappa shape index (κ2) is 5.65. The van der Waals surface area contributed by atoms with E-state index in [2.05, 4.69) is 57.3 Å². The molecule has 0 aromatic heterocycles. The minimum absolute atomic E-state index is 0.102. The molecular weight excluding hydrogens is 210 g/mol. The molecule has 1 N–H and O–H groups in total. The molecule has 2 atom stereocenters. The molecule has 2 heteroatoms. The Hall–Kier alpha value is -0.860. The van der Waals surface area contributed by atoms with Gasteiger partial charge in [-0.15, -0.1) is 0 Å². The van der Waals surface area contributed by atoms with E-state index in [1.54, 1.807) is 7.11 Å². The van der Waals surface area contributed by atoms with Gasteiger partial charge in [-0.05, 0) is 30.5 Å². The predicted molar refractivity (Wildman–Crippen MR) is 73.2 cm³/mol. The number of methoxy groups -OCH3 is 1. The van der Waals surface area contributed by atoms with Crippen molar-refractivity contribution < 1.29 is 4.74 Å². The first-order chi connectivity index (χ1) is 7.91. The summed E-state index contributed by atoms with van der Waals surface area (Å²) in [5, 5.41) is 3.39. The molecule has 0 saturated carbocycles. The Morgan fingerprint density at radius 3 is 2.18 bits per heavy atom. The summed E-state index contributed by atoms with van der Waals surface area (Å²) in [6, 6.07) is 8.71. The van der Waals surface area contributed by atoms with Crippen LogP contribution in [0.25, 0.3) is 0 Å². The molecule has 0 radical (unpaired) electrons. The van der Waals surface area contributed by atoms with Crippen LogP contribution in [-0.4, -0.2) is 20.3 Å². The molecule has 0 fully saturated rings. The first kappa shape index (κ1) is 14.2. The molecule has 0 amide bonds. The molecule has 2 nitrogen and oxygen atoms in total. The lowest BCUT2D eigenvalue weighted by molar-refractivity contribution is -0.0103. The lowest BCUT2D eigenvalue weighted by Gasteiger charge is -2.36. The van der Waals surface area contributed by atoms with E-state index in [1.807, 2.05) is 7.05 Å². The Morgan fingerprint density at radius 2 is 1.76 bits per heavy atom. The maximum Gasteiger partial charge on any atom is 0.0814 e. The molecule has 2 unspecified atom stereocenters. The lowest BCUT2D eigenvalue weighted by atomic mass is 9.81. The second-order valence-electron chi connectivity index (χ2n) is 5.65. The maximum atomic E-state index is 5.71. The average molecular weight is 235 g/mol. The zero-order chi connectivity index (χ0) is 13.1. The Bertz CT molecular complexity index is 354. The molecule has 0 heterocycles. The highest BCUT2D eigenvalue weighted by molar-refractivity contribution is 5.30. The summed E-state index contributed by atoms with van der Waals surface area (Å²) in [6.45, 7) is 8.78. The van der Waals surface area contributed by atoms with Crippen molar-refractivity contribution in [3.05, 3.63) is 35.4 Å². The number of ether oxygens (including phenoxy) is 1. The van der Waals surface area contributed by atoms with Crippen molar-refractivity contribution in [1.82, 2.24) is 5.32 Å². The Kier molecular flexibility index (Phi) is 4.72. The van der Waals surface area contributed by atoms with Crippen molar-refractivity contribution in [2.75, 3.05) is 14.2 Å². The molecule has 1 rings (SSSR count). The van der Waals surface area contributed by atoms with Crippen LogP contribution in [0.3, 0.4) is 0 Å². The highest BCUT2D eigenvalue weighted by Gasteiger charge is 2.32. The van der Waals surface area contributed by atoms with E-state index in [0.717, 1.165) is 0 Å². The standard InChI is InChI=1S/C15H25NO/c1-11-9-7-8-10-12(11)13(16-5)14(17-6)15(2,3)4/h7-10,13-14,16H,1-6H3. The summed E-state index contributed by atoms with van der Waals surface area (Å²) in [4.78, 5) is 0. The largest absolute Gasteiger partial charge is 0.379 e. The van der Waals surface area contributed by atoms with Gasteiger partial charge in [-0.1, -0.05) is 45.0 Å². The van der Waals surface area contributed by atoms with E-state index in [9.17, 15) is 0 Å². The van der Waals surface area contributed by atoms with E-state index in [0.29, 0.717) is 0 Å². The fraction of sp³-hybridized carbons (Fsp3) is 0.600. The Balaban J connectivity index is 3.10. The van der Waals surface area contributed by atoms with Crippen molar-refractivity contribution in [2.24, 2.45) is 5.41 Å². The van der Waals surface area contributed by atoms with Crippen LogP contribution in [-0.2, 0) is 4.74 Å². The minimum Gasteiger partial charge on any atom is -0.379 e. The quantitative estimate of drug-likeness (QED) is 0.864. The Labute approximate surface area is 105 Å². The number of rotatable bonds is 4. The first-order valence-corrected chi connectivity index (χ1v) is 6.17. The summed E-state index contributed by atoms with van der Waals surface area (Å²) in [5.74, 6) is 0. The normalized spacial score (nSPS) is 15.6. The maximum absolute atomic E-state index is 5.71. The summed E-state index contributed by atoms with van der Waals surface area (Å²) in [7, 11) is 3.79. The van der Waals surface area contributed by atoms with Crippen LogP contribution in [0.1, 0.15) is 37.9 Å². The summed E-state index contributed by atoms with van der Waals surface area (Å²) in [6.07, 6.45) is 0.147. The third kappa shape index (κ3) is 3.30. The van der Waals surface area contributed by atoms with Crippen molar-refractivity contribution in [1.29, 1.82) is 0 Å². The van der Waals surface area contributed by atoms with Crippen molar-refractivity contribution in [3.8, 4) is 0 Å². The van der Waals surface area contributed by atoms with E-state index in [-0.39, 0.29) is 17.6 Å². The number of hydrogen-bond acceptors (Lipinski definition) is 2. The third-order valence-corrected chi connectivity index (χ3v) is 3.24. The molecule has 0 aliphatic carbocycles. The lowest BCUT2D eigenvalue weighted by Crippen LogP contribution is -2.40. The van der Waals surface area contributed by atoms with Crippen molar-refractivity contribution in [3.63, 3.8) is 0 Å². The van der Waals surface area contributed by atoms with E-state index < -0.39 is 0 Å². The predicted octanol–water partition coefficient (Wildman–Crippen LogP) is 3.32. The average Bonchev–Trinajstić information content (AvgIpc) is 2.25. The molecule has 17 heavy (non-hydrogen) atoms. The molecule has 0 spiro atoms. The van der Waals surface area contributed by atoms with E-state index >= 15 is 0 Å². The van der Waals surface area contributed by atoms with Crippen LogP contribution in [0.5, 0.6) is 0 Å². The zero-order valence-electron chi connectivity index (χ0n) is 11.9. The van der Waals surface area contributed by atoms with Gasteiger partial charge in [0.2, 0.25) is 0 Å². The molecule has 0 aliphatic rings. The smallest absolute Gasteiger partial charge is 0.0814 e. The summed E-state index contributed by atoms with van der Waals surface area (Å²) in [5.41, 5.74) is 2.72. The van der Waals surface area contributed by atoms with Gasteiger partial charge in [0.15, 0.2) is 0 Å². The molecule has 1 aromatic rings. The Morgan fingerprint density at radius 1 is 1.18 bits per heavy atom. The topological polar surface area (TPSA) is 21.3 Å². The van der Waals surface area contributed by atoms with E-state index in [4.69, 9.17) is 4.74 Å². The van der Waals surface area contributed by atoms with Gasteiger partial charge in [0.25, 0.3) is 0 Å². The SMILES string of the molecule is CNC(c1ccccc1C)C(OC)C(C)(C)C. The summed E-state index contributed by atoms with van der Waals surface area (Å²) >= 11 is 0. The van der Waals surface area contributed by atoms with E-state index in [1.165, 1.54) is 11.1 Å². The number of likely N-dealkylation sites (N-methyl/N-ethyl adjacent to an activating group) is 1. The number of aryl methyl sites for hydroxylation is 1. The van der Waals surface area contributed by atoms with Crippen molar-refractivity contribution in [2.45, 2.75) is 39.8 Å². The highest BCUT2D eigenvalue weighted by atomic mass is 16.5. The van der Waals surface area contributed by atoms with Gasteiger partial charge in [0.05, 0.1) is 12.1 Å². The van der Waals surface area contributed by atoms with Crippen LogP contribution < -0.4 is 5.32 Å². The fourth-order valence-electron chi connectivity index (χ4n) is 2.40. The molecule has 0 aliphatic heterocycles. The number of benzene rings is 1. The van der Waals surface area contributed by atoms with Gasteiger partial charge in [-0.25, -0.2) is 0 Å². The van der Waals surface area contributed by atoms with Crippen LogP contribution in [0, 0.1) is 12.3 Å². The summed E-state index contributed by atoms with van der Waals surface area (Å²) < 4.78 is 5.71. The number of nitrogens with one attached hydrogen (secondary N) is 1. The molecule has 96 valence electrons. The molecular formula is C15H25NO. The van der Waals surface area contributed by atoms with Gasteiger partial charge in [-0.2, -0.15) is 0 Å². The fourth-order valence-corrected chi connectivity index (χ4v) is 2.40. The van der Waals surface area contributed by atoms with Crippen LogP contribution in [0.2, 0.25) is 0 Å². The molecule has 1 aromatic carbocycles. The van der Waals surface area contributed by atoms with Gasteiger partial charge in [0.1, 0.15) is 0 Å². The van der Waals surface area contributed by atoms with Crippen molar-refractivity contribution >= 4 is 0 Å². The van der Waals surface area contributed by atoms with Crippen LogP contribution in [0.4, 0.5) is 0 Å². The van der Waals surface area contributed by atoms with Gasteiger partial charge < -0.3 is 10.1 Å².